The number of anilines is 2. The van der Waals surface area contributed by atoms with Crippen molar-refractivity contribution in [1.29, 1.82) is 0 Å². The first-order chi connectivity index (χ1) is 16.5. The maximum absolute atomic E-state index is 12.8. The predicted molar refractivity (Wildman–Crippen MR) is 129 cm³/mol. The van der Waals surface area contributed by atoms with Crippen molar-refractivity contribution in [2.45, 2.75) is 32.2 Å². The van der Waals surface area contributed by atoms with Gasteiger partial charge < -0.3 is 14.7 Å². The maximum atomic E-state index is 12.8. The minimum absolute atomic E-state index is 0.0347. The van der Waals surface area contributed by atoms with E-state index in [-0.39, 0.29) is 17.7 Å². The molecule has 2 saturated heterocycles. The second-order valence-corrected chi connectivity index (χ2v) is 9.19. The van der Waals surface area contributed by atoms with Crippen LogP contribution in [0.15, 0.2) is 53.1 Å². The minimum Gasteiger partial charge on any atom is -0.338 e. The summed E-state index contributed by atoms with van der Waals surface area (Å²) in [4.78, 5) is 33.2. The van der Waals surface area contributed by atoms with Gasteiger partial charge in [-0.2, -0.15) is 4.98 Å². The summed E-state index contributed by atoms with van der Waals surface area (Å²) in [6, 6.07) is 14.8. The number of amides is 2. The second kappa shape index (κ2) is 9.95. The molecule has 0 aliphatic carbocycles. The first-order valence-corrected chi connectivity index (χ1v) is 11.9. The van der Waals surface area contributed by atoms with E-state index in [2.05, 4.69) is 20.4 Å². The number of carbonyl (C=O) groups excluding carboxylic acids is 2. The number of aromatic nitrogens is 2. The average Bonchev–Trinajstić information content (AvgIpc) is 3.49. The number of nitrogens with zero attached hydrogens (tertiary/aromatic N) is 4. The molecule has 0 spiro atoms. The summed E-state index contributed by atoms with van der Waals surface area (Å²) in [6.07, 6.45) is 3.04. The van der Waals surface area contributed by atoms with Gasteiger partial charge in [-0.05, 0) is 80.9 Å². The summed E-state index contributed by atoms with van der Waals surface area (Å²) >= 11 is 5.94. The summed E-state index contributed by atoms with van der Waals surface area (Å²) in [5.41, 5.74) is 2.49. The number of rotatable bonds is 6. The molecule has 0 radical (unpaired) electrons. The molecule has 2 fully saturated rings. The monoisotopic (exact) mass is 479 g/mol. The predicted octanol–water partition coefficient (Wildman–Crippen LogP) is 4.37. The lowest BCUT2D eigenvalue weighted by Crippen LogP contribution is -2.37. The zero-order valence-electron chi connectivity index (χ0n) is 18.7. The lowest BCUT2D eigenvalue weighted by atomic mass is 9.96. The fourth-order valence-corrected chi connectivity index (χ4v) is 4.60. The molecule has 2 amide bonds. The molecule has 3 aromatic rings. The number of piperidine rings is 1. The first kappa shape index (κ1) is 22.6. The van der Waals surface area contributed by atoms with Crippen LogP contribution < -0.4 is 10.2 Å². The molecular weight excluding hydrogens is 454 g/mol. The lowest BCUT2D eigenvalue weighted by molar-refractivity contribution is -0.121. The molecule has 1 N–H and O–H groups in total. The zero-order valence-corrected chi connectivity index (χ0v) is 19.5. The zero-order chi connectivity index (χ0) is 23.5. The van der Waals surface area contributed by atoms with Crippen LogP contribution in [0.4, 0.5) is 11.4 Å². The van der Waals surface area contributed by atoms with E-state index in [1.807, 2.05) is 36.4 Å². The normalized spacial score (nSPS) is 17.3. The molecule has 176 valence electrons. The van der Waals surface area contributed by atoms with E-state index < -0.39 is 0 Å². The van der Waals surface area contributed by atoms with Crippen molar-refractivity contribution >= 4 is 34.8 Å². The van der Waals surface area contributed by atoms with Crippen molar-refractivity contribution in [2.75, 3.05) is 29.9 Å². The van der Waals surface area contributed by atoms with Gasteiger partial charge in [-0.15, -0.1) is 0 Å². The largest absolute Gasteiger partial charge is 0.338 e. The summed E-state index contributed by atoms with van der Waals surface area (Å²) in [7, 11) is 0. The van der Waals surface area contributed by atoms with Gasteiger partial charge in [0.25, 0.3) is 0 Å². The van der Waals surface area contributed by atoms with Crippen LogP contribution in [0, 0.1) is 5.92 Å². The quantitative estimate of drug-likeness (QED) is 0.564. The van der Waals surface area contributed by atoms with Gasteiger partial charge in [0.2, 0.25) is 23.5 Å². The van der Waals surface area contributed by atoms with Gasteiger partial charge >= 0.3 is 0 Å². The Labute approximate surface area is 202 Å². The Morgan fingerprint density at radius 1 is 1.06 bits per heavy atom. The number of nitrogens with one attached hydrogen (secondary N) is 1. The molecule has 34 heavy (non-hydrogen) atoms. The van der Waals surface area contributed by atoms with E-state index in [9.17, 15) is 9.59 Å². The Kier molecular flexibility index (Phi) is 6.60. The number of halogens is 1. The molecule has 0 bridgehead atoms. The average molecular weight is 480 g/mol. The van der Waals surface area contributed by atoms with Crippen LogP contribution in [-0.4, -0.2) is 46.5 Å². The van der Waals surface area contributed by atoms with E-state index >= 15 is 0 Å². The third kappa shape index (κ3) is 5.13. The summed E-state index contributed by atoms with van der Waals surface area (Å²) in [5.74, 6) is 1.26. The van der Waals surface area contributed by atoms with Crippen LogP contribution in [0.5, 0.6) is 0 Å². The molecule has 2 aliphatic heterocycles. The first-order valence-electron chi connectivity index (χ1n) is 11.6. The van der Waals surface area contributed by atoms with Crippen LogP contribution in [-0.2, 0) is 16.1 Å². The highest BCUT2D eigenvalue weighted by atomic mass is 35.5. The minimum atomic E-state index is -0.0385. The van der Waals surface area contributed by atoms with Crippen LogP contribution in [0.3, 0.4) is 0 Å². The van der Waals surface area contributed by atoms with Gasteiger partial charge in [0.05, 0.1) is 6.54 Å². The Hall–Kier alpha value is -3.23. The highest BCUT2D eigenvalue weighted by molar-refractivity contribution is 6.30. The van der Waals surface area contributed by atoms with Crippen LogP contribution in [0.1, 0.15) is 31.6 Å². The molecule has 9 heteroatoms. The standard InChI is InChI=1S/C25H26ClN5O3/c26-19-5-3-17(4-6-19)24-28-22(34-29-24)16-30-14-11-18(12-15-30)25(33)27-20-7-9-21(10-8-20)31-13-1-2-23(31)32/h3-10,18H,1-2,11-16H2,(H,27,33). The smallest absolute Gasteiger partial charge is 0.241 e. The molecule has 2 aliphatic rings. The third-order valence-corrected chi connectivity index (χ3v) is 6.66. The van der Waals surface area contributed by atoms with E-state index in [0.29, 0.717) is 29.7 Å². The topological polar surface area (TPSA) is 91.6 Å². The van der Waals surface area contributed by atoms with Crippen LogP contribution in [0.2, 0.25) is 5.02 Å². The Morgan fingerprint density at radius 2 is 1.79 bits per heavy atom. The van der Waals surface area contributed by atoms with Gasteiger partial charge in [-0.3, -0.25) is 14.5 Å². The third-order valence-electron chi connectivity index (χ3n) is 6.41. The van der Waals surface area contributed by atoms with Gasteiger partial charge in [0.15, 0.2) is 0 Å². The number of benzene rings is 2. The highest BCUT2D eigenvalue weighted by Crippen LogP contribution is 2.25. The van der Waals surface area contributed by atoms with Crippen molar-refractivity contribution in [3.05, 3.63) is 59.4 Å². The number of hydrogen-bond donors (Lipinski definition) is 1. The van der Waals surface area contributed by atoms with Gasteiger partial charge in [-0.25, -0.2) is 0 Å². The van der Waals surface area contributed by atoms with Crippen LogP contribution in [0.25, 0.3) is 11.4 Å². The summed E-state index contributed by atoms with van der Waals surface area (Å²) < 4.78 is 5.42. The van der Waals surface area contributed by atoms with Gasteiger partial charge in [-0.1, -0.05) is 16.8 Å². The van der Waals surface area contributed by atoms with Crippen molar-refractivity contribution in [1.82, 2.24) is 15.0 Å². The number of likely N-dealkylation sites (tertiary alicyclic amines) is 1. The molecule has 5 rings (SSSR count). The highest BCUT2D eigenvalue weighted by Gasteiger charge is 2.26. The van der Waals surface area contributed by atoms with Gasteiger partial charge in [0.1, 0.15) is 0 Å². The van der Waals surface area contributed by atoms with Crippen molar-refractivity contribution in [2.24, 2.45) is 5.92 Å². The van der Waals surface area contributed by atoms with Crippen molar-refractivity contribution in [3.8, 4) is 11.4 Å². The van der Waals surface area contributed by atoms with E-state index in [1.165, 1.54) is 0 Å². The number of hydrogen-bond acceptors (Lipinski definition) is 6. The molecule has 0 atom stereocenters. The van der Waals surface area contributed by atoms with Gasteiger partial charge in [0, 0.05) is 40.8 Å². The van der Waals surface area contributed by atoms with Crippen LogP contribution >= 0.6 is 11.6 Å². The SMILES string of the molecule is O=C(Nc1ccc(N2CCCC2=O)cc1)C1CCN(Cc2nc(-c3ccc(Cl)cc3)no2)CC1. The maximum Gasteiger partial charge on any atom is 0.241 e. The van der Waals surface area contributed by atoms with Crippen molar-refractivity contribution < 1.29 is 14.1 Å². The second-order valence-electron chi connectivity index (χ2n) is 8.75. The molecule has 1 aromatic heterocycles. The fourth-order valence-electron chi connectivity index (χ4n) is 4.47. The Bertz CT molecular complexity index is 1150. The Morgan fingerprint density at radius 3 is 2.47 bits per heavy atom. The molecular formula is C25H26ClN5O3. The molecule has 3 heterocycles. The molecule has 0 unspecified atom stereocenters. The van der Waals surface area contributed by atoms with E-state index in [0.717, 1.165) is 55.8 Å². The lowest BCUT2D eigenvalue weighted by Gasteiger charge is -2.30. The molecule has 8 nitrogen and oxygen atoms in total. The molecule has 0 saturated carbocycles. The summed E-state index contributed by atoms with van der Waals surface area (Å²) in [6.45, 7) is 2.89. The van der Waals surface area contributed by atoms with E-state index in [1.54, 1.807) is 17.0 Å². The Balaban J connectivity index is 1.10. The fraction of sp³-hybridized carbons (Fsp3) is 0.360. The van der Waals surface area contributed by atoms with Crippen molar-refractivity contribution in [3.63, 3.8) is 0 Å². The summed E-state index contributed by atoms with van der Waals surface area (Å²) in [5, 5.41) is 7.75. The molecule has 2 aromatic carbocycles. The van der Waals surface area contributed by atoms with E-state index in [4.69, 9.17) is 16.1 Å². The number of carbonyl (C=O) groups is 2.